The van der Waals surface area contributed by atoms with E-state index in [1.54, 1.807) is 6.20 Å². The molecule has 1 rings (SSSR count). The van der Waals surface area contributed by atoms with E-state index < -0.39 is 0 Å². The number of hydrogen-bond acceptors (Lipinski definition) is 4. The molecule has 0 unspecified atom stereocenters. The Morgan fingerprint density at radius 2 is 2.06 bits per heavy atom. The lowest BCUT2D eigenvalue weighted by Gasteiger charge is -2.20. The summed E-state index contributed by atoms with van der Waals surface area (Å²) < 4.78 is 0. The van der Waals surface area contributed by atoms with Gasteiger partial charge in [-0.2, -0.15) is 0 Å². The van der Waals surface area contributed by atoms with Crippen molar-refractivity contribution in [3.05, 3.63) is 23.9 Å². The van der Waals surface area contributed by atoms with Crippen LogP contribution in [0.1, 0.15) is 24.8 Å². The molecule has 1 aromatic heterocycles. The van der Waals surface area contributed by atoms with Crippen molar-refractivity contribution in [2.45, 2.75) is 25.9 Å². The zero-order valence-corrected chi connectivity index (χ0v) is 9.76. The van der Waals surface area contributed by atoms with Gasteiger partial charge in [-0.05, 0) is 25.3 Å². The molecule has 0 saturated carbocycles. The number of aliphatic hydroxyl groups excluding tert-OH is 2. The number of hydrogen-bond donors (Lipinski definition) is 2. The molecule has 2 N–H and O–H groups in total. The van der Waals surface area contributed by atoms with Crippen LogP contribution >= 0.6 is 0 Å². The summed E-state index contributed by atoms with van der Waals surface area (Å²) in [5.41, 5.74) is 0.854. The lowest BCUT2D eigenvalue weighted by Crippen LogP contribution is -2.21. The van der Waals surface area contributed by atoms with Crippen LogP contribution in [0.2, 0.25) is 0 Å². The molecule has 0 saturated heterocycles. The van der Waals surface area contributed by atoms with Gasteiger partial charge in [0.25, 0.3) is 0 Å². The normalized spacial score (nSPS) is 10.4. The summed E-state index contributed by atoms with van der Waals surface area (Å²) in [5.74, 6) is 0.842. The Bertz CT molecular complexity index is 305. The summed E-state index contributed by atoms with van der Waals surface area (Å²) in [6, 6.07) is 3.71. The molecule has 0 fully saturated rings. The van der Waals surface area contributed by atoms with Crippen molar-refractivity contribution in [3.63, 3.8) is 0 Å². The van der Waals surface area contributed by atoms with Gasteiger partial charge in [0, 0.05) is 32.0 Å². The molecule has 0 aliphatic carbocycles. The highest BCUT2D eigenvalue weighted by molar-refractivity contribution is 5.45. The van der Waals surface area contributed by atoms with Gasteiger partial charge in [0.1, 0.15) is 5.82 Å². The van der Waals surface area contributed by atoms with Gasteiger partial charge in [-0.25, -0.2) is 4.98 Å². The first-order valence-corrected chi connectivity index (χ1v) is 5.66. The van der Waals surface area contributed by atoms with E-state index in [-0.39, 0.29) is 13.2 Å². The van der Waals surface area contributed by atoms with Gasteiger partial charge < -0.3 is 15.1 Å². The Labute approximate surface area is 96.6 Å². The predicted molar refractivity (Wildman–Crippen MR) is 64.4 cm³/mol. The molecule has 4 heteroatoms. The van der Waals surface area contributed by atoms with Gasteiger partial charge in [0.2, 0.25) is 0 Å². The predicted octanol–water partition coefficient (Wildman–Crippen LogP) is 1.17. The van der Waals surface area contributed by atoms with E-state index in [0.29, 0.717) is 0 Å². The van der Waals surface area contributed by atoms with E-state index >= 15 is 0 Å². The van der Waals surface area contributed by atoms with Gasteiger partial charge in [0.15, 0.2) is 0 Å². The summed E-state index contributed by atoms with van der Waals surface area (Å²) >= 11 is 0. The molecule has 0 amide bonds. The molecule has 0 aromatic carbocycles. The Kier molecular flexibility index (Phi) is 5.82. The molecule has 0 spiro atoms. The molecule has 90 valence electrons. The Morgan fingerprint density at radius 3 is 2.75 bits per heavy atom. The topological polar surface area (TPSA) is 56.6 Å². The van der Waals surface area contributed by atoms with E-state index in [0.717, 1.165) is 37.2 Å². The Hall–Kier alpha value is -1.13. The SMILES string of the molecule is CN(CCCCCO)c1ncccc1CO. The van der Waals surface area contributed by atoms with Gasteiger partial charge in [-0.3, -0.25) is 0 Å². The Morgan fingerprint density at radius 1 is 1.25 bits per heavy atom. The minimum absolute atomic E-state index is 0.0180. The second-order valence-corrected chi connectivity index (χ2v) is 3.85. The highest BCUT2D eigenvalue weighted by Crippen LogP contribution is 2.16. The molecule has 0 aliphatic heterocycles. The van der Waals surface area contributed by atoms with Crippen molar-refractivity contribution in [2.75, 3.05) is 25.1 Å². The second kappa shape index (κ2) is 7.19. The van der Waals surface area contributed by atoms with Crippen LogP contribution in [0.5, 0.6) is 0 Å². The van der Waals surface area contributed by atoms with Gasteiger partial charge in [-0.15, -0.1) is 0 Å². The zero-order chi connectivity index (χ0) is 11.8. The standard InChI is InChI=1S/C12H20N2O2/c1-14(8-3-2-4-9-15)12-11(10-16)6-5-7-13-12/h5-7,15-16H,2-4,8-10H2,1H3. The van der Waals surface area contributed by atoms with E-state index in [9.17, 15) is 5.11 Å². The maximum absolute atomic E-state index is 9.18. The Balaban J connectivity index is 2.48. The summed E-state index contributed by atoms with van der Waals surface area (Å²) in [4.78, 5) is 6.31. The first-order valence-electron chi connectivity index (χ1n) is 5.66. The van der Waals surface area contributed by atoms with Crippen molar-refractivity contribution in [2.24, 2.45) is 0 Å². The fourth-order valence-electron chi connectivity index (χ4n) is 1.64. The van der Waals surface area contributed by atoms with Crippen LogP contribution < -0.4 is 4.90 Å². The number of rotatable bonds is 7. The first kappa shape index (κ1) is 12.9. The number of nitrogens with zero attached hydrogens (tertiary/aromatic N) is 2. The van der Waals surface area contributed by atoms with Crippen molar-refractivity contribution in [3.8, 4) is 0 Å². The summed E-state index contributed by atoms with van der Waals surface area (Å²) in [6.07, 6.45) is 4.63. The third-order valence-corrected chi connectivity index (χ3v) is 2.55. The number of pyridine rings is 1. The minimum atomic E-state index is 0.0180. The second-order valence-electron chi connectivity index (χ2n) is 3.85. The maximum atomic E-state index is 9.18. The molecule has 1 heterocycles. The molecule has 0 aliphatic rings. The van der Waals surface area contributed by atoms with Crippen LogP contribution in [0.15, 0.2) is 18.3 Å². The fraction of sp³-hybridized carbons (Fsp3) is 0.583. The molecule has 1 aromatic rings. The van der Waals surface area contributed by atoms with Crippen molar-refractivity contribution in [1.29, 1.82) is 0 Å². The van der Waals surface area contributed by atoms with E-state index in [2.05, 4.69) is 4.98 Å². The smallest absolute Gasteiger partial charge is 0.133 e. The molecule has 16 heavy (non-hydrogen) atoms. The number of aromatic nitrogens is 1. The molecule has 0 bridgehead atoms. The minimum Gasteiger partial charge on any atom is -0.396 e. The molecular weight excluding hydrogens is 204 g/mol. The van der Waals surface area contributed by atoms with Gasteiger partial charge in [0.05, 0.1) is 6.61 Å². The van der Waals surface area contributed by atoms with Crippen LogP contribution in [0.25, 0.3) is 0 Å². The monoisotopic (exact) mass is 224 g/mol. The van der Waals surface area contributed by atoms with Gasteiger partial charge >= 0.3 is 0 Å². The fourth-order valence-corrected chi connectivity index (χ4v) is 1.64. The number of unbranched alkanes of at least 4 members (excludes halogenated alkanes) is 2. The summed E-state index contributed by atoms with van der Waals surface area (Å²) in [7, 11) is 1.97. The lowest BCUT2D eigenvalue weighted by molar-refractivity contribution is 0.281. The molecule has 4 nitrogen and oxygen atoms in total. The number of aliphatic hydroxyl groups is 2. The average molecular weight is 224 g/mol. The maximum Gasteiger partial charge on any atom is 0.133 e. The third-order valence-electron chi connectivity index (χ3n) is 2.55. The zero-order valence-electron chi connectivity index (χ0n) is 9.76. The van der Waals surface area contributed by atoms with Crippen molar-refractivity contribution >= 4 is 5.82 Å². The van der Waals surface area contributed by atoms with Crippen LogP contribution in [0.3, 0.4) is 0 Å². The van der Waals surface area contributed by atoms with E-state index in [1.165, 1.54) is 0 Å². The molecular formula is C12H20N2O2. The molecule has 0 radical (unpaired) electrons. The van der Waals surface area contributed by atoms with Crippen LogP contribution in [-0.2, 0) is 6.61 Å². The van der Waals surface area contributed by atoms with Crippen molar-refractivity contribution < 1.29 is 10.2 Å². The van der Waals surface area contributed by atoms with E-state index in [4.69, 9.17) is 5.11 Å². The lowest BCUT2D eigenvalue weighted by atomic mass is 10.2. The van der Waals surface area contributed by atoms with E-state index in [1.807, 2.05) is 24.1 Å². The van der Waals surface area contributed by atoms with Gasteiger partial charge in [-0.1, -0.05) is 6.07 Å². The van der Waals surface area contributed by atoms with Crippen LogP contribution in [0.4, 0.5) is 5.82 Å². The average Bonchev–Trinajstić information content (AvgIpc) is 2.34. The highest BCUT2D eigenvalue weighted by Gasteiger charge is 2.06. The number of anilines is 1. The van der Waals surface area contributed by atoms with Crippen LogP contribution in [-0.4, -0.2) is 35.4 Å². The summed E-state index contributed by atoms with van der Waals surface area (Å²) in [5, 5.41) is 17.8. The quantitative estimate of drug-likeness (QED) is 0.683. The highest BCUT2D eigenvalue weighted by atomic mass is 16.3. The molecule has 0 atom stereocenters. The summed E-state index contributed by atoms with van der Waals surface area (Å²) in [6.45, 7) is 1.17. The van der Waals surface area contributed by atoms with Crippen molar-refractivity contribution in [1.82, 2.24) is 4.98 Å². The van der Waals surface area contributed by atoms with Crippen LogP contribution in [0, 0.1) is 0 Å². The largest absolute Gasteiger partial charge is 0.396 e. The first-order chi connectivity index (χ1) is 7.79. The third kappa shape index (κ3) is 3.79.